The predicted octanol–water partition coefficient (Wildman–Crippen LogP) is 3.23. The summed E-state index contributed by atoms with van der Waals surface area (Å²) in [5.74, 6) is 0.519. The average molecular weight is 343 g/mol. The fourth-order valence-electron chi connectivity index (χ4n) is 1.48. The van der Waals surface area contributed by atoms with Crippen LogP contribution in [-0.4, -0.2) is 15.5 Å². The van der Waals surface area contributed by atoms with Crippen molar-refractivity contribution < 1.29 is 17.3 Å². The molecule has 100 valence electrons. The number of ether oxygens (including phenoxy) is 1. The molecule has 6 heteroatoms. The largest absolute Gasteiger partial charge is 0.493 e. The van der Waals surface area contributed by atoms with Crippen molar-refractivity contribution in [3.63, 3.8) is 0 Å². The maximum Gasteiger partial charge on any atom is 0.339 e. The number of rotatable bonds is 4. The highest BCUT2D eigenvalue weighted by atomic mass is 79.9. The van der Waals surface area contributed by atoms with E-state index in [1.54, 1.807) is 30.3 Å². The van der Waals surface area contributed by atoms with E-state index in [1.807, 2.05) is 0 Å². The van der Waals surface area contributed by atoms with Crippen LogP contribution in [0, 0.1) is 0 Å². The van der Waals surface area contributed by atoms with Gasteiger partial charge in [0.15, 0.2) is 11.5 Å². The molecule has 0 atom stereocenters. The van der Waals surface area contributed by atoms with Crippen molar-refractivity contribution in [2.75, 3.05) is 7.11 Å². The highest BCUT2D eigenvalue weighted by Crippen LogP contribution is 2.29. The molecule has 0 heterocycles. The zero-order valence-corrected chi connectivity index (χ0v) is 12.4. The molecule has 0 fully saturated rings. The number of hydrogen-bond acceptors (Lipinski definition) is 4. The van der Waals surface area contributed by atoms with Gasteiger partial charge < -0.3 is 8.92 Å². The molecular weight excluding hydrogens is 332 g/mol. The molecule has 19 heavy (non-hydrogen) atoms. The lowest BCUT2D eigenvalue weighted by atomic mass is 10.3. The first-order valence-electron chi connectivity index (χ1n) is 5.36. The molecule has 0 spiro atoms. The smallest absolute Gasteiger partial charge is 0.339 e. The van der Waals surface area contributed by atoms with E-state index in [2.05, 4.69) is 15.9 Å². The number of benzene rings is 2. The minimum absolute atomic E-state index is 0.0766. The Labute approximate surface area is 120 Å². The summed E-state index contributed by atoms with van der Waals surface area (Å²) < 4.78 is 35.1. The summed E-state index contributed by atoms with van der Waals surface area (Å²) in [5, 5.41) is 0. The normalized spacial score (nSPS) is 11.1. The van der Waals surface area contributed by atoms with Gasteiger partial charge in [-0.15, -0.1) is 0 Å². The standard InChI is InChI=1S/C13H11BrO4S/c1-17-12-7-2-3-8-13(12)18-19(15,16)11-6-4-5-10(14)9-11/h2-9H,1H3. The van der Waals surface area contributed by atoms with Crippen molar-refractivity contribution in [3.8, 4) is 11.5 Å². The van der Waals surface area contributed by atoms with Gasteiger partial charge in [0.25, 0.3) is 0 Å². The molecule has 2 rings (SSSR count). The van der Waals surface area contributed by atoms with E-state index >= 15 is 0 Å². The molecular formula is C13H11BrO4S. The van der Waals surface area contributed by atoms with E-state index in [0.29, 0.717) is 10.2 Å². The molecule has 4 nitrogen and oxygen atoms in total. The lowest BCUT2D eigenvalue weighted by molar-refractivity contribution is 0.390. The van der Waals surface area contributed by atoms with Gasteiger partial charge in [-0.3, -0.25) is 0 Å². The van der Waals surface area contributed by atoms with Gasteiger partial charge in [0.05, 0.1) is 7.11 Å². The third kappa shape index (κ3) is 3.27. The highest BCUT2D eigenvalue weighted by molar-refractivity contribution is 9.10. The Hall–Kier alpha value is -1.53. The lowest BCUT2D eigenvalue weighted by Gasteiger charge is -2.10. The second-order valence-corrected chi connectivity index (χ2v) is 6.11. The summed E-state index contributed by atoms with van der Waals surface area (Å²) in [6.07, 6.45) is 0. The van der Waals surface area contributed by atoms with Crippen LogP contribution >= 0.6 is 15.9 Å². The van der Waals surface area contributed by atoms with Gasteiger partial charge in [0.2, 0.25) is 0 Å². The maximum atomic E-state index is 12.1. The molecule has 0 bridgehead atoms. The quantitative estimate of drug-likeness (QED) is 0.800. The first-order valence-corrected chi connectivity index (χ1v) is 7.56. The molecule has 0 N–H and O–H groups in total. The molecule has 0 aliphatic heterocycles. The average Bonchev–Trinajstić information content (AvgIpc) is 2.39. The van der Waals surface area contributed by atoms with E-state index in [-0.39, 0.29) is 10.6 Å². The van der Waals surface area contributed by atoms with Crippen molar-refractivity contribution in [1.82, 2.24) is 0 Å². The second kappa shape index (κ2) is 5.63. The Morgan fingerprint density at radius 3 is 2.32 bits per heavy atom. The molecule has 2 aromatic carbocycles. The minimum Gasteiger partial charge on any atom is -0.493 e. The Balaban J connectivity index is 2.37. The fourth-order valence-corrected chi connectivity index (χ4v) is 3.01. The summed E-state index contributed by atoms with van der Waals surface area (Å²) in [4.78, 5) is 0.0766. The molecule has 0 amide bonds. The summed E-state index contributed by atoms with van der Waals surface area (Å²) in [7, 11) is -2.43. The van der Waals surface area contributed by atoms with Crippen molar-refractivity contribution in [2.45, 2.75) is 4.90 Å². The Morgan fingerprint density at radius 1 is 1.00 bits per heavy atom. The molecule has 0 aliphatic carbocycles. The van der Waals surface area contributed by atoms with Crippen molar-refractivity contribution in [3.05, 3.63) is 53.0 Å². The van der Waals surface area contributed by atoms with Crippen LogP contribution in [0.1, 0.15) is 0 Å². The van der Waals surface area contributed by atoms with Gasteiger partial charge in [-0.05, 0) is 30.3 Å². The summed E-state index contributed by atoms with van der Waals surface area (Å²) in [6, 6.07) is 12.9. The van der Waals surface area contributed by atoms with Crippen LogP contribution in [0.3, 0.4) is 0 Å². The van der Waals surface area contributed by atoms with Crippen molar-refractivity contribution in [2.24, 2.45) is 0 Å². The van der Waals surface area contributed by atoms with Crippen LogP contribution in [0.25, 0.3) is 0 Å². The van der Waals surface area contributed by atoms with Gasteiger partial charge in [-0.2, -0.15) is 8.42 Å². The van der Waals surface area contributed by atoms with Gasteiger partial charge in [-0.25, -0.2) is 0 Å². The van der Waals surface area contributed by atoms with Gasteiger partial charge >= 0.3 is 10.1 Å². The second-order valence-electron chi connectivity index (χ2n) is 3.65. The predicted molar refractivity (Wildman–Crippen MR) is 74.9 cm³/mol. The van der Waals surface area contributed by atoms with Crippen LogP contribution in [0.2, 0.25) is 0 Å². The number of halogens is 1. The highest BCUT2D eigenvalue weighted by Gasteiger charge is 2.18. The topological polar surface area (TPSA) is 52.6 Å². The Kier molecular flexibility index (Phi) is 4.11. The molecule has 0 radical (unpaired) electrons. The summed E-state index contributed by atoms with van der Waals surface area (Å²) in [6.45, 7) is 0. The number of para-hydroxylation sites is 2. The Bertz CT molecular complexity index is 683. The molecule has 0 aromatic heterocycles. The SMILES string of the molecule is COc1ccccc1OS(=O)(=O)c1cccc(Br)c1. The fraction of sp³-hybridized carbons (Fsp3) is 0.0769. The molecule has 2 aromatic rings. The van der Waals surface area contributed by atoms with Crippen LogP contribution < -0.4 is 8.92 Å². The third-order valence-corrected chi connectivity index (χ3v) is 4.08. The van der Waals surface area contributed by atoms with E-state index in [0.717, 1.165) is 0 Å². The third-order valence-electron chi connectivity index (χ3n) is 2.35. The molecule has 0 saturated carbocycles. The van der Waals surface area contributed by atoms with E-state index in [4.69, 9.17) is 8.92 Å². The Morgan fingerprint density at radius 2 is 1.68 bits per heavy atom. The van der Waals surface area contributed by atoms with Crippen LogP contribution in [0.4, 0.5) is 0 Å². The zero-order valence-electron chi connectivity index (χ0n) is 10.0. The number of hydrogen-bond donors (Lipinski definition) is 0. The van der Waals surface area contributed by atoms with Crippen LogP contribution in [-0.2, 0) is 10.1 Å². The first kappa shape index (κ1) is 13.9. The van der Waals surface area contributed by atoms with Crippen molar-refractivity contribution in [1.29, 1.82) is 0 Å². The molecule has 0 saturated heterocycles. The van der Waals surface area contributed by atoms with Crippen LogP contribution in [0.5, 0.6) is 11.5 Å². The maximum absolute atomic E-state index is 12.1. The van der Waals surface area contributed by atoms with Crippen molar-refractivity contribution >= 4 is 26.0 Å². The van der Waals surface area contributed by atoms with E-state index in [9.17, 15) is 8.42 Å². The molecule has 0 aliphatic rings. The van der Waals surface area contributed by atoms with Gasteiger partial charge in [-0.1, -0.05) is 34.1 Å². The minimum atomic E-state index is -3.88. The van der Waals surface area contributed by atoms with Gasteiger partial charge in [0.1, 0.15) is 4.90 Å². The zero-order chi connectivity index (χ0) is 13.9. The van der Waals surface area contributed by atoms with E-state index in [1.165, 1.54) is 25.3 Å². The van der Waals surface area contributed by atoms with E-state index < -0.39 is 10.1 Å². The number of methoxy groups -OCH3 is 1. The summed E-state index contributed by atoms with van der Waals surface area (Å²) >= 11 is 3.22. The summed E-state index contributed by atoms with van der Waals surface area (Å²) in [5.41, 5.74) is 0. The lowest BCUT2D eigenvalue weighted by Crippen LogP contribution is -2.10. The molecule has 0 unspecified atom stereocenters. The van der Waals surface area contributed by atoms with Crippen LogP contribution in [0.15, 0.2) is 57.9 Å². The monoisotopic (exact) mass is 342 g/mol. The first-order chi connectivity index (χ1) is 9.03. The van der Waals surface area contributed by atoms with Gasteiger partial charge in [0, 0.05) is 4.47 Å².